The quantitative estimate of drug-likeness (QED) is 0.818. The summed E-state index contributed by atoms with van der Waals surface area (Å²) < 4.78 is 33.0. The Labute approximate surface area is 160 Å². The lowest BCUT2D eigenvalue weighted by Gasteiger charge is -2.26. The Kier molecular flexibility index (Phi) is 6.32. The van der Waals surface area contributed by atoms with Crippen LogP contribution >= 0.6 is 11.6 Å². The lowest BCUT2D eigenvalue weighted by atomic mass is 10.1. The summed E-state index contributed by atoms with van der Waals surface area (Å²) in [5, 5.41) is 0.525. The van der Waals surface area contributed by atoms with Crippen LogP contribution in [0.15, 0.2) is 47.4 Å². The molecule has 7 heteroatoms. The molecular formula is C19H23ClN2O3S. The molecule has 1 heterocycles. The lowest BCUT2D eigenvalue weighted by Crippen LogP contribution is -2.35. The molecule has 1 aliphatic heterocycles. The van der Waals surface area contributed by atoms with Gasteiger partial charge in [-0.3, -0.25) is 4.90 Å². The molecule has 2 aromatic carbocycles. The van der Waals surface area contributed by atoms with E-state index in [-0.39, 0.29) is 11.4 Å². The van der Waals surface area contributed by atoms with Gasteiger partial charge in [0.15, 0.2) is 0 Å². The molecule has 26 heavy (non-hydrogen) atoms. The van der Waals surface area contributed by atoms with Crippen molar-refractivity contribution in [3.05, 3.63) is 64.2 Å². The Balaban J connectivity index is 1.60. The van der Waals surface area contributed by atoms with Gasteiger partial charge in [-0.25, -0.2) is 13.1 Å². The Morgan fingerprint density at radius 3 is 2.38 bits per heavy atom. The van der Waals surface area contributed by atoms with Crippen molar-refractivity contribution in [1.82, 2.24) is 9.62 Å². The van der Waals surface area contributed by atoms with Crippen LogP contribution in [-0.4, -0.2) is 39.6 Å². The summed E-state index contributed by atoms with van der Waals surface area (Å²) in [6.45, 7) is 6.33. The van der Waals surface area contributed by atoms with Gasteiger partial charge in [0, 0.05) is 31.2 Å². The fraction of sp³-hybridized carbons (Fsp3) is 0.368. The average Bonchev–Trinajstić information content (AvgIpc) is 2.62. The molecule has 0 aliphatic carbocycles. The number of rotatable bonds is 6. The van der Waals surface area contributed by atoms with E-state index < -0.39 is 10.0 Å². The van der Waals surface area contributed by atoms with Crippen molar-refractivity contribution in [3.63, 3.8) is 0 Å². The highest BCUT2D eigenvalue weighted by Crippen LogP contribution is 2.20. The second-order valence-corrected chi connectivity index (χ2v) is 8.61. The Morgan fingerprint density at radius 2 is 1.73 bits per heavy atom. The topological polar surface area (TPSA) is 58.6 Å². The Morgan fingerprint density at radius 1 is 1.08 bits per heavy atom. The van der Waals surface area contributed by atoms with Crippen molar-refractivity contribution >= 4 is 21.6 Å². The summed E-state index contributed by atoms with van der Waals surface area (Å²) >= 11 is 5.90. The van der Waals surface area contributed by atoms with Crippen LogP contribution in [0, 0.1) is 6.92 Å². The molecule has 1 N–H and O–H groups in total. The highest BCUT2D eigenvalue weighted by Gasteiger charge is 2.16. The number of sulfonamides is 1. The van der Waals surface area contributed by atoms with Crippen molar-refractivity contribution in [2.24, 2.45) is 0 Å². The largest absolute Gasteiger partial charge is 0.379 e. The van der Waals surface area contributed by atoms with Crippen LogP contribution in [0.5, 0.6) is 0 Å². The van der Waals surface area contributed by atoms with Gasteiger partial charge in [0.25, 0.3) is 0 Å². The van der Waals surface area contributed by atoms with Crippen molar-refractivity contribution in [2.75, 3.05) is 26.3 Å². The molecular weight excluding hydrogens is 372 g/mol. The van der Waals surface area contributed by atoms with Crippen molar-refractivity contribution in [2.45, 2.75) is 24.9 Å². The maximum Gasteiger partial charge on any atom is 0.241 e. The van der Waals surface area contributed by atoms with Gasteiger partial charge in [-0.15, -0.1) is 0 Å². The summed E-state index contributed by atoms with van der Waals surface area (Å²) in [5.41, 5.74) is 2.77. The molecule has 3 rings (SSSR count). The molecule has 5 nitrogen and oxygen atoms in total. The number of benzene rings is 2. The zero-order chi connectivity index (χ0) is 18.6. The van der Waals surface area contributed by atoms with E-state index in [1.165, 1.54) is 11.6 Å². The van der Waals surface area contributed by atoms with Gasteiger partial charge in [-0.1, -0.05) is 35.9 Å². The third-order valence-corrected chi connectivity index (χ3v) is 6.22. The van der Waals surface area contributed by atoms with Crippen LogP contribution in [0.25, 0.3) is 0 Å². The van der Waals surface area contributed by atoms with Crippen LogP contribution in [0.3, 0.4) is 0 Å². The van der Waals surface area contributed by atoms with Crippen LogP contribution < -0.4 is 4.72 Å². The first kappa shape index (κ1) is 19.3. The first-order valence-corrected chi connectivity index (χ1v) is 10.4. The van der Waals surface area contributed by atoms with Crippen LogP contribution in [0.2, 0.25) is 5.02 Å². The van der Waals surface area contributed by atoms with E-state index in [0.29, 0.717) is 10.6 Å². The minimum Gasteiger partial charge on any atom is -0.379 e. The van der Waals surface area contributed by atoms with Crippen molar-refractivity contribution in [3.8, 4) is 0 Å². The average molecular weight is 395 g/mol. The number of aryl methyl sites for hydroxylation is 1. The number of nitrogens with one attached hydrogen (secondary N) is 1. The van der Waals surface area contributed by atoms with Gasteiger partial charge in [-0.05, 0) is 41.8 Å². The molecule has 1 saturated heterocycles. The predicted molar refractivity (Wildman–Crippen MR) is 103 cm³/mol. The van der Waals surface area contributed by atoms with Crippen LogP contribution in [0.4, 0.5) is 0 Å². The molecule has 140 valence electrons. The zero-order valence-corrected chi connectivity index (χ0v) is 16.3. The SMILES string of the molecule is Cc1cc(Cl)ccc1S(=O)(=O)NCc1ccc(CN2CCOCC2)cc1. The molecule has 0 unspecified atom stereocenters. The van der Waals surface area contributed by atoms with E-state index in [0.717, 1.165) is 38.4 Å². The normalized spacial score (nSPS) is 15.9. The van der Waals surface area contributed by atoms with E-state index in [1.54, 1.807) is 19.1 Å². The highest BCUT2D eigenvalue weighted by atomic mass is 35.5. The van der Waals surface area contributed by atoms with Gasteiger partial charge in [0.1, 0.15) is 0 Å². The second kappa shape index (κ2) is 8.50. The van der Waals surface area contributed by atoms with Gasteiger partial charge in [-0.2, -0.15) is 0 Å². The number of morpholine rings is 1. The summed E-state index contributed by atoms with van der Waals surface area (Å²) in [6.07, 6.45) is 0. The van der Waals surface area contributed by atoms with E-state index in [2.05, 4.69) is 9.62 Å². The zero-order valence-electron chi connectivity index (χ0n) is 14.7. The molecule has 0 radical (unpaired) electrons. The Bertz CT molecular complexity index is 848. The standard InChI is InChI=1S/C19H23ClN2O3S/c1-15-12-18(20)6-7-19(15)26(23,24)21-13-16-2-4-17(5-3-16)14-22-8-10-25-11-9-22/h2-7,12,21H,8-11,13-14H2,1H3. The smallest absolute Gasteiger partial charge is 0.241 e. The molecule has 2 aromatic rings. The molecule has 0 saturated carbocycles. The Hall–Kier alpha value is -1.44. The van der Waals surface area contributed by atoms with Gasteiger partial charge in [0.2, 0.25) is 10.0 Å². The maximum absolute atomic E-state index is 12.5. The molecule has 0 aromatic heterocycles. The lowest BCUT2D eigenvalue weighted by molar-refractivity contribution is 0.0342. The fourth-order valence-corrected chi connectivity index (χ4v) is 4.42. The molecule has 0 amide bonds. The first-order chi connectivity index (χ1) is 12.4. The van der Waals surface area contributed by atoms with Crippen LogP contribution in [0.1, 0.15) is 16.7 Å². The van der Waals surface area contributed by atoms with E-state index >= 15 is 0 Å². The number of ether oxygens (including phenoxy) is 1. The third kappa shape index (κ3) is 5.05. The van der Waals surface area contributed by atoms with Gasteiger partial charge >= 0.3 is 0 Å². The monoisotopic (exact) mass is 394 g/mol. The number of hydrogen-bond acceptors (Lipinski definition) is 4. The first-order valence-electron chi connectivity index (χ1n) is 8.58. The van der Waals surface area contributed by atoms with E-state index in [1.807, 2.05) is 24.3 Å². The number of hydrogen-bond donors (Lipinski definition) is 1. The molecule has 0 atom stereocenters. The fourth-order valence-electron chi connectivity index (χ4n) is 2.95. The van der Waals surface area contributed by atoms with E-state index in [9.17, 15) is 8.42 Å². The van der Waals surface area contributed by atoms with Crippen molar-refractivity contribution in [1.29, 1.82) is 0 Å². The van der Waals surface area contributed by atoms with Gasteiger partial charge in [0.05, 0.1) is 18.1 Å². The van der Waals surface area contributed by atoms with Crippen LogP contribution in [-0.2, 0) is 27.8 Å². The van der Waals surface area contributed by atoms with Gasteiger partial charge < -0.3 is 4.74 Å². The molecule has 0 bridgehead atoms. The number of halogens is 1. The maximum atomic E-state index is 12.5. The summed E-state index contributed by atoms with van der Waals surface area (Å²) in [6, 6.07) is 12.8. The van der Waals surface area contributed by atoms with E-state index in [4.69, 9.17) is 16.3 Å². The minimum absolute atomic E-state index is 0.252. The summed E-state index contributed by atoms with van der Waals surface area (Å²) in [7, 11) is -3.57. The minimum atomic E-state index is -3.57. The molecule has 1 aliphatic rings. The summed E-state index contributed by atoms with van der Waals surface area (Å²) in [5.74, 6) is 0. The molecule has 1 fully saturated rings. The van der Waals surface area contributed by atoms with Crippen molar-refractivity contribution < 1.29 is 13.2 Å². The predicted octanol–water partition coefficient (Wildman–Crippen LogP) is 2.96. The highest BCUT2D eigenvalue weighted by molar-refractivity contribution is 7.89. The number of nitrogens with zero attached hydrogens (tertiary/aromatic N) is 1. The third-order valence-electron chi connectivity index (χ3n) is 4.43. The summed E-state index contributed by atoms with van der Waals surface area (Å²) in [4.78, 5) is 2.61. The second-order valence-electron chi connectivity index (χ2n) is 6.44. The molecule has 0 spiro atoms.